The largest absolute Gasteiger partial charge is 0.478 e. The van der Waals surface area contributed by atoms with Gasteiger partial charge < -0.3 is 19.8 Å². The van der Waals surface area contributed by atoms with Crippen LogP contribution in [0.15, 0.2) is 48.5 Å². The summed E-state index contributed by atoms with van der Waals surface area (Å²) in [5.74, 6) is 0.417. The highest BCUT2D eigenvalue weighted by molar-refractivity contribution is 7.99. The Morgan fingerprint density at radius 1 is 0.806 bits per heavy atom. The number of carboxylic acid groups (broad SMARTS) is 1. The van der Waals surface area contributed by atoms with E-state index in [9.17, 15) is 4.79 Å². The number of aromatic carboxylic acids is 1. The summed E-state index contributed by atoms with van der Waals surface area (Å²) in [6.07, 6.45) is 3.86. The number of nitrogens with zero attached hydrogens (tertiary/aromatic N) is 3. The topological polar surface area (TPSA) is 47.0 Å². The third-order valence-corrected chi connectivity index (χ3v) is 7.93. The van der Waals surface area contributed by atoms with Crippen molar-refractivity contribution in [2.24, 2.45) is 0 Å². The van der Waals surface area contributed by atoms with E-state index >= 15 is 0 Å². The zero-order valence-electron chi connectivity index (χ0n) is 18.4. The Morgan fingerprint density at radius 2 is 1.23 bits per heavy atom. The number of thioether (sulfide) groups is 1. The first kappa shape index (κ1) is 21.9. The first-order valence-electron chi connectivity index (χ1n) is 11.4. The molecule has 2 aromatic rings. The van der Waals surface area contributed by atoms with Crippen molar-refractivity contribution in [3.8, 4) is 0 Å². The zero-order chi connectivity index (χ0) is 21.6. The van der Waals surface area contributed by atoms with Gasteiger partial charge >= 0.3 is 5.97 Å². The number of anilines is 3. The van der Waals surface area contributed by atoms with Gasteiger partial charge in [-0.25, -0.2) is 4.79 Å². The minimum absolute atomic E-state index is 0.339. The fraction of sp³-hybridized carbons (Fsp3) is 0.480. The van der Waals surface area contributed by atoms with Crippen LogP contribution in [0.3, 0.4) is 0 Å². The van der Waals surface area contributed by atoms with Crippen molar-refractivity contribution < 1.29 is 9.90 Å². The summed E-state index contributed by atoms with van der Waals surface area (Å²) < 4.78 is 0. The monoisotopic (exact) mass is 439 g/mol. The molecule has 0 radical (unpaired) electrons. The fourth-order valence-corrected chi connectivity index (χ4v) is 5.59. The molecule has 4 rings (SSSR count). The SMILES string of the molecule is CCCSC1CCN(c2ccc(N3CCN(c4ccc(C(=O)O)cc4)CC3)cc2)CC1. The molecule has 0 atom stereocenters. The van der Waals surface area contributed by atoms with Gasteiger partial charge in [-0.05, 0) is 73.5 Å². The van der Waals surface area contributed by atoms with E-state index in [-0.39, 0.29) is 0 Å². The molecule has 0 amide bonds. The van der Waals surface area contributed by atoms with Crippen molar-refractivity contribution in [3.63, 3.8) is 0 Å². The smallest absolute Gasteiger partial charge is 0.335 e. The lowest BCUT2D eigenvalue weighted by Crippen LogP contribution is -2.46. The summed E-state index contributed by atoms with van der Waals surface area (Å²) in [6, 6.07) is 16.3. The van der Waals surface area contributed by atoms with Crippen LogP contribution < -0.4 is 14.7 Å². The zero-order valence-corrected chi connectivity index (χ0v) is 19.2. The van der Waals surface area contributed by atoms with Crippen LogP contribution in [0.25, 0.3) is 0 Å². The van der Waals surface area contributed by atoms with E-state index < -0.39 is 5.97 Å². The molecule has 0 bridgehead atoms. The van der Waals surface area contributed by atoms with Crippen molar-refractivity contribution in [1.29, 1.82) is 0 Å². The van der Waals surface area contributed by atoms with Crippen molar-refractivity contribution >= 4 is 34.8 Å². The van der Waals surface area contributed by atoms with Crippen LogP contribution in [0.1, 0.15) is 36.5 Å². The number of piperazine rings is 1. The van der Waals surface area contributed by atoms with Crippen LogP contribution in [0, 0.1) is 0 Å². The standard InChI is InChI=1S/C25H33N3O2S/c1-2-19-31-24-11-13-26(14-12-24)22-7-9-23(10-8-22)28-17-15-27(16-18-28)21-5-3-20(4-6-21)25(29)30/h3-10,24H,2,11-19H2,1H3,(H,29,30). The van der Waals surface area contributed by atoms with E-state index in [1.165, 1.54) is 49.5 Å². The molecule has 6 heteroatoms. The van der Waals surface area contributed by atoms with Crippen LogP contribution in [0.5, 0.6) is 0 Å². The lowest BCUT2D eigenvalue weighted by atomic mass is 10.1. The first-order chi connectivity index (χ1) is 15.1. The molecule has 166 valence electrons. The minimum atomic E-state index is -0.875. The van der Waals surface area contributed by atoms with Gasteiger partial charge in [0.05, 0.1) is 5.56 Å². The van der Waals surface area contributed by atoms with Gasteiger partial charge in [0.15, 0.2) is 0 Å². The Hall–Kier alpha value is -2.34. The van der Waals surface area contributed by atoms with E-state index in [1.54, 1.807) is 12.1 Å². The van der Waals surface area contributed by atoms with Crippen LogP contribution >= 0.6 is 11.8 Å². The molecule has 2 aromatic carbocycles. The summed E-state index contributed by atoms with van der Waals surface area (Å²) in [7, 11) is 0. The number of hydrogen-bond acceptors (Lipinski definition) is 5. The van der Waals surface area contributed by atoms with Crippen molar-refractivity contribution in [2.75, 3.05) is 59.7 Å². The van der Waals surface area contributed by atoms with Crippen LogP contribution in [-0.2, 0) is 0 Å². The average Bonchev–Trinajstić information content (AvgIpc) is 2.83. The van der Waals surface area contributed by atoms with Gasteiger partial charge in [0.2, 0.25) is 0 Å². The minimum Gasteiger partial charge on any atom is -0.478 e. The number of rotatable bonds is 7. The van der Waals surface area contributed by atoms with Crippen molar-refractivity contribution in [2.45, 2.75) is 31.4 Å². The Labute approximate surface area is 190 Å². The molecule has 0 unspecified atom stereocenters. The lowest BCUT2D eigenvalue weighted by molar-refractivity contribution is 0.0697. The van der Waals surface area contributed by atoms with E-state index in [2.05, 4.69) is 57.7 Å². The summed E-state index contributed by atoms with van der Waals surface area (Å²) in [4.78, 5) is 18.3. The number of piperidine rings is 1. The average molecular weight is 440 g/mol. The van der Waals surface area contributed by atoms with E-state index in [4.69, 9.17) is 5.11 Å². The van der Waals surface area contributed by atoms with Gasteiger partial charge in [0.25, 0.3) is 0 Å². The second-order valence-corrected chi connectivity index (χ2v) is 9.81. The Kier molecular flexibility index (Phi) is 7.28. The third kappa shape index (κ3) is 5.48. The van der Waals surface area contributed by atoms with Gasteiger partial charge in [-0.3, -0.25) is 0 Å². The Bertz CT molecular complexity index is 840. The maximum absolute atomic E-state index is 11.0. The maximum Gasteiger partial charge on any atom is 0.335 e. The number of benzene rings is 2. The summed E-state index contributed by atoms with van der Waals surface area (Å²) in [6.45, 7) is 8.43. The molecule has 0 spiro atoms. The Balaban J connectivity index is 1.28. The van der Waals surface area contributed by atoms with E-state index in [1.807, 2.05) is 12.1 Å². The third-order valence-electron chi connectivity index (χ3n) is 6.34. The number of hydrogen-bond donors (Lipinski definition) is 1. The van der Waals surface area contributed by atoms with Crippen molar-refractivity contribution in [1.82, 2.24) is 0 Å². The highest BCUT2D eigenvalue weighted by Crippen LogP contribution is 2.29. The van der Waals surface area contributed by atoms with Gasteiger partial charge in [0.1, 0.15) is 0 Å². The fourth-order valence-electron chi connectivity index (χ4n) is 4.48. The summed E-state index contributed by atoms with van der Waals surface area (Å²) in [5.41, 5.74) is 4.07. The molecule has 1 N–H and O–H groups in total. The molecule has 5 nitrogen and oxygen atoms in total. The van der Waals surface area contributed by atoms with Gasteiger partial charge in [0, 0.05) is 61.6 Å². The van der Waals surface area contributed by atoms with Gasteiger partial charge in [-0.1, -0.05) is 6.92 Å². The van der Waals surface area contributed by atoms with Crippen molar-refractivity contribution in [3.05, 3.63) is 54.1 Å². The lowest BCUT2D eigenvalue weighted by Gasteiger charge is -2.38. The summed E-state index contributed by atoms with van der Waals surface area (Å²) >= 11 is 2.15. The number of carbonyl (C=O) groups is 1. The van der Waals surface area contributed by atoms with Crippen LogP contribution in [0.2, 0.25) is 0 Å². The molecule has 2 heterocycles. The number of carboxylic acids is 1. The molecule has 0 aliphatic carbocycles. The summed E-state index contributed by atoms with van der Waals surface area (Å²) in [5, 5.41) is 9.91. The van der Waals surface area contributed by atoms with Gasteiger partial charge in [-0.2, -0.15) is 11.8 Å². The Morgan fingerprint density at radius 3 is 1.65 bits per heavy atom. The second kappa shape index (κ2) is 10.3. The van der Waals surface area contributed by atoms with E-state index in [0.29, 0.717) is 5.56 Å². The highest BCUT2D eigenvalue weighted by Gasteiger charge is 2.21. The highest BCUT2D eigenvalue weighted by atomic mass is 32.2. The molecule has 2 aliphatic rings. The molecule has 2 saturated heterocycles. The maximum atomic E-state index is 11.0. The first-order valence-corrected chi connectivity index (χ1v) is 12.5. The van der Waals surface area contributed by atoms with E-state index in [0.717, 1.165) is 37.1 Å². The molecular weight excluding hydrogens is 406 g/mol. The molecule has 0 aromatic heterocycles. The normalized spacial score (nSPS) is 17.8. The molecule has 2 aliphatic heterocycles. The van der Waals surface area contributed by atoms with Crippen LogP contribution in [-0.4, -0.2) is 61.3 Å². The molecule has 2 fully saturated rings. The predicted molar refractivity (Wildman–Crippen MR) is 132 cm³/mol. The second-order valence-electron chi connectivity index (χ2n) is 8.40. The van der Waals surface area contributed by atoms with Crippen LogP contribution in [0.4, 0.5) is 17.1 Å². The molecule has 0 saturated carbocycles. The quantitative estimate of drug-likeness (QED) is 0.667. The molecular formula is C25H33N3O2S. The molecule has 31 heavy (non-hydrogen) atoms. The van der Waals surface area contributed by atoms with Gasteiger partial charge in [-0.15, -0.1) is 0 Å². The predicted octanol–water partition coefficient (Wildman–Crippen LogP) is 4.82.